The molecule has 2 rings (SSSR count). The second kappa shape index (κ2) is 16.3. The molecule has 0 amide bonds. The van der Waals surface area contributed by atoms with Crippen LogP contribution in [0.5, 0.6) is 0 Å². The van der Waals surface area contributed by atoms with E-state index in [-0.39, 0.29) is 18.1 Å². The second-order valence-corrected chi connectivity index (χ2v) is 8.77. The Hall–Kier alpha value is -3.44. The summed E-state index contributed by atoms with van der Waals surface area (Å²) in [6.07, 6.45) is 10.5. The number of hydrogen-bond donors (Lipinski definition) is 0. The van der Waals surface area contributed by atoms with E-state index in [4.69, 9.17) is 4.74 Å². The number of carboxylic acid groups (broad SMARTS) is 1. The molecule has 8 nitrogen and oxygen atoms in total. The lowest BCUT2D eigenvalue weighted by atomic mass is 10.00. The van der Waals surface area contributed by atoms with Gasteiger partial charge in [-0.05, 0) is 56.4 Å². The summed E-state index contributed by atoms with van der Waals surface area (Å²) in [5, 5.41) is 19.6. The van der Waals surface area contributed by atoms with Crippen LogP contribution in [0.3, 0.4) is 0 Å². The summed E-state index contributed by atoms with van der Waals surface area (Å²) in [6.45, 7) is 10.8. The van der Waals surface area contributed by atoms with Crippen molar-refractivity contribution >= 4 is 30.0 Å². The van der Waals surface area contributed by atoms with Crippen LogP contribution in [0.15, 0.2) is 47.2 Å². The lowest BCUT2D eigenvalue weighted by Crippen LogP contribution is -2.38. The summed E-state index contributed by atoms with van der Waals surface area (Å²) in [5.74, 6) is -1.72. The molecule has 0 N–H and O–H groups in total. The molecule has 36 heavy (non-hydrogen) atoms. The van der Waals surface area contributed by atoms with Crippen LogP contribution >= 0.6 is 0 Å². The third-order valence-electron chi connectivity index (χ3n) is 6.04. The van der Waals surface area contributed by atoms with Crippen molar-refractivity contribution < 1.29 is 23.9 Å². The highest BCUT2D eigenvalue weighted by atomic mass is 16.5. The largest absolute Gasteiger partial charge is 0.550 e. The number of anilines is 1. The molecule has 0 bridgehead atoms. The van der Waals surface area contributed by atoms with Gasteiger partial charge in [0.1, 0.15) is 31.0 Å². The Morgan fingerprint density at radius 1 is 1.19 bits per heavy atom. The van der Waals surface area contributed by atoms with Crippen molar-refractivity contribution in [1.82, 2.24) is 0 Å². The number of aliphatic carboxylic acids is 1. The summed E-state index contributed by atoms with van der Waals surface area (Å²) in [4.78, 5) is 28.7. The van der Waals surface area contributed by atoms with Gasteiger partial charge in [-0.15, -0.1) is 0 Å². The number of carbonyl (C=O) groups is 2. The third kappa shape index (κ3) is 10.4. The third-order valence-corrected chi connectivity index (χ3v) is 6.04. The van der Waals surface area contributed by atoms with E-state index in [0.29, 0.717) is 17.4 Å². The van der Waals surface area contributed by atoms with E-state index in [2.05, 4.69) is 30.7 Å². The first-order chi connectivity index (χ1) is 17.2. The average molecular weight is 497 g/mol. The molecule has 0 saturated heterocycles. The molecule has 0 aliphatic carbocycles. The summed E-state index contributed by atoms with van der Waals surface area (Å²) in [5.41, 5.74) is 1.91. The van der Waals surface area contributed by atoms with E-state index in [9.17, 15) is 20.0 Å². The monoisotopic (exact) mass is 496 g/mol. The molecular formula is C28H40N4O4. The molecule has 2 atom stereocenters. The van der Waals surface area contributed by atoms with E-state index >= 15 is 0 Å². The number of esters is 1. The van der Waals surface area contributed by atoms with Crippen molar-refractivity contribution in [2.45, 2.75) is 53.4 Å². The van der Waals surface area contributed by atoms with Gasteiger partial charge in [0.05, 0.1) is 13.2 Å². The number of ether oxygens (including phenoxy) is 1. The first-order valence-electron chi connectivity index (χ1n) is 12.6. The van der Waals surface area contributed by atoms with Crippen LogP contribution in [-0.4, -0.2) is 56.0 Å². The number of quaternary nitrogens is 1. The predicted octanol–water partition coefficient (Wildman–Crippen LogP) is 3.90. The van der Waals surface area contributed by atoms with Crippen LogP contribution in [0.2, 0.25) is 0 Å². The molecule has 1 aromatic rings. The van der Waals surface area contributed by atoms with Gasteiger partial charge in [-0.3, -0.25) is 4.48 Å². The number of unbranched alkanes of at least 4 members (excludes halogenated alkanes) is 1. The van der Waals surface area contributed by atoms with Gasteiger partial charge in [0.25, 0.3) is 0 Å². The number of nitriles is 1. The summed E-state index contributed by atoms with van der Waals surface area (Å²) >= 11 is 0. The Morgan fingerprint density at radius 3 is 2.33 bits per heavy atom. The van der Waals surface area contributed by atoms with Crippen molar-refractivity contribution in [2.75, 3.05) is 38.2 Å². The van der Waals surface area contributed by atoms with Gasteiger partial charge >= 0.3 is 5.97 Å². The summed E-state index contributed by atoms with van der Waals surface area (Å²) in [7, 11) is 1.96. The maximum absolute atomic E-state index is 12.1. The molecule has 0 radical (unpaired) electrons. The number of rotatable bonds is 13. The summed E-state index contributed by atoms with van der Waals surface area (Å²) < 4.78 is 5.72. The standard InChI is InChI=1S/C20H25N4O2.C8H16O2/c1-4-23(5-2)19-8-6-17(7-9-19)14-18(15-21)20(25)26-13-12-24(3)11-10-22-16-24;1-3-5-6-7(4-2)8(9)10/h6-11,14,16H,4-5,12-13H2,1-3H3;7H,3-6H2,1-2H3,(H,9,10)/q+1;/p-1. The first-order valence-corrected chi connectivity index (χ1v) is 12.6. The highest BCUT2D eigenvalue weighted by molar-refractivity contribution is 5.97. The highest BCUT2D eigenvalue weighted by Crippen LogP contribution is 2.17. The Bertz CT molecular complexity index is 945. The molecule has 0 spiro atoms. The minimum absolute atomic E-state index is 0.00567. The van der Waals surface area contributed by atoms with E-state index < -0.39 is 11.9 Å². The fourth-order valence-corrected chi connectivity index (χ4v) is 3.58. The van der Waals surface area contributed by atoms with Gasteiger partial charge in [0, 0.05) is 24.7 Å². The van der Waals surface area contributed by atoms with Crippen molar-refractivity contribution in [1.29, 1.82) is 5.26 Å². The molecule has 1 aromatic carbocycles. The van der Waals surface area contributed by atoms with Crippen LogP contribution in [0, 0.1) is 17.2 Å². The van der Waals surface area contributed by atoms with Crippen LogP contribution in [-0.2, 0) is 14.3 Å². The van der Waals surface area contributed by atoms with Crippen molar-refractivity contribution in [2.24, 2.45) is 10.9 Å². The number of likely N-dealkylation sites (N-methyl/N-ethyl adjacent to an activating group) is 1. The molecular weight excluding hydrogens is 456 g/mol. The molecule has 196 valence electrons. The van der Waals surface area contributed by atoms with E-state index in [1.165, 1.54) is 0 Å². The molecule has 1 heterocycles. The lowest BCUT2D eigenvalue weighted by Gasteiger charge is -2.21. The Morgan fingerprint density at radius 2 is 1.86 bits per heavy atom. The minimum atomic E-state index is -0.893. The Labute approximate surface area is 215 Å². The van der Waals surface area contributed by atoms with Crippen LogP contribution in [0.25, 0.3) is 6.08 Å². The van der Waals surface area contributed by atoms with Crippen molar-refractivity contribution in [3.8, 4) is 6.07 Å². The fourth-order valence-electron chi connectivity index (χ4n) is 3.58. The highest BCUT2D eigenvalue weighted by Gasteiger charge is 2.20. The second-order valence-electron chi connectivity index (χ2n) is 8.77. The van der Waals surface area contributed by atoms with Gasteiger partial charge in [-0.25, -0.2) is 9.79 Å². The number of aliphatic imine (C=N–C) groups is 1. The maximum atomic E-state index is 12.1. The predicted molar refractivity (Wildman–Crippen MR) is 142 cm³/mol. The zero-order chi connectivity index (χ0) is 27.0. The molecule has 1 aliphatic heterocycles. The van der Waals surface area contributed by atoms with Gasteiger partial charge in [-0.1, -0.05) is 38.8 Å². The number of hydrogen-bond acceptors (Lipinski definition) is 7. The number of nitrogens with zero attached hydrogens (tertiary/aromatic N) is 4. The molecule has 0 fully saturated rings. The lowest BCUT2D eigenvalue weighted by molar-refractivity contribution is -0.756. The molecule has 1 aliphatic rings. The van der Waals surface area contributed by atoms with Crippen LogP contribution in [0.1, 0.15) is 58.9 Å². The van der Waals surface area contributed by atoms with Gasteiger partial charge in [-0.2, -0.15) is 5.26 Å². The van der Waals surface area contributed by atoms with Crippen LogP contribution < -0.4 is 10.0 Å². The summed E-state index contributed by atoms with van der Waals surface area (Å²) in [6, 6.07) is 9.70. The zero-order valence-electron chi connectivity index (χ0n) is 22.3. The fraction of sp³-hybridized carbons (Fsp3) is 0.500. The Balaban J connectivity index is 0.000000548. The van der Waals surface area contributed by atoms with Gasteiger partial charge < -0.3 is 19.5 Å². The number of carboxylic acids is 1. The SMILES string of the molecule is CCCCC(CC)C(=O)[O-].CCN(CC)c1ccc(C=C(C#N)C(=O)OCC[N+]2(C)C=CN=C2)cc1. The zero-order valence-corrected chi connectivity index (χ0v) is 22.3. The van der Waals surface area contributed by atoms with Gasteiger partial charge in [0.2, 0.25) is 0 Å². The van der Waals surface area contributed by atoms with E-state index in [1.807, 2.05) is 50.5 Å². The molecule has 2 unspecified atom stereocenters. The smallest absolute Gasteiger partial charge is 0.349 e. The number of benzene rings is 1. The van der Waals surface area contributed by atoms with E-state index in [0.717, 1.165) is 43.6 Å². The Kier molecular flexibility index (Phi) is 13.8. The van der Waals surface area contributed by atoms with Crippen molar-refractivity contribution in [3.63, 3.8) is 0 Å². The van der Waals surface area contributed by atoms with Crippen LogP contribution in [0.4, 0.5) is 5.69 Å². The quantitative estimate of drug-likeness (QED) is 0.177. The maximum Gasteiger partial charge on any atom is 0.349 e. The number of carbonyl (C=O) groups excluding carboxylic acids is 2. The molecule has 0 aromatic heterocycles. The normalized spacial score (nSPS) is 17.1. The van der Waals surface area contributed by atoms with E-state index in [1.54, 1.807) is 18.6 Å². The molecule has 8 heteroatoms. The first kappa shape index (κ1) is 30.6. The van der Waals surface area contributed by atoms with Gasteiger partial charge in [0.15, 0.2) is 6.34 Å². The van der Waals surface area contributed by atoms with Crippen molar-refractivity contribution in [3.05, 3.63) is 47.8 Å². The molecule has 0 saturated carbocycles. The topological polar surface area (TPSA) is 106 Å². The minimum Gasteiger partial charge on any atom is -0.550 e. The average Bonchev–Trinajstić information content (AvgIpc) is 3.31.